The molecule has 2 rings (SSSR count). The zero-order chi connectivity index (χ0) is 12.3. The van der Waals surface area contributed by atoms with Crippen molar-refractivity contribution >= 4 is 11.3 Å². The van der Waals surface area contributed by atoms with E-state index in [4.69, 9.17) is 5.73 Å². The summed E-state index contributed by atoms with van der Waals surface area (Å²) in [5.41, 5.74) is 7.75. The molecule has 2 unspecified atom stereocenters. The zero-order valence-electron chi connectivity index (χ0n) is 11.0. The van der Waals surface area contributed by atoms with Gasteiger partial charge >= 0.3 is 0 Å². The minimum absolute atomic E-state index is 0.236. The second-order valence-corrected chi connectivity index (χ2v) is 6.40. The summed E-state index contributed by atoms with van der Waals surface area (Å²) in [7, 11) is 2.24. The van der Waals surface area contributed by atoms with Crippen molar-refractivity contribution in [3.05, 3.63) is 22.4 Å². The van der Waals surface area contributed by atoms with Crippen LogP contribution in [0.5, 0.6) is 0 Å². The Hall–Kier alpha value is -0.380. The van der Waals surface area contributed by atoms with Crippen molar-refractivity contribution in [2.75, 3.05) is 13.6 Å². The predicted molar refractivity (Wildman–Crippen MR) is 75.2 cm³/mol. The highest BCUT2D eigenvalue weighted by Crippen LogP contribution is 2.36. The number of likely N-dealkylation sites (N-methyl/N-ethyl adjacent to an activating group) is 1. The van der Waals surface area contributed by atoms with Gasteiger partial charge in [0, 0.05) is 18.6 Å². The summed E-state index contributed by atoms with van der Waals surface area (Å²) in [6.45, 7) is 4.19. The van der Waals surface area contributed by atoms with Gasteiger partial charge in [-0.3, -0.25) is 4.90 Å². The van der Waals surface area contributed by atoms with Gasteiger partial charge in [-0.15, -0.1) is 0 Å². The Bertz CT molecular complexity index is 336. The van der Waals surface area contributed by atoms with E-state index >= 15 is 0 Å². The fourth-order valence-corrected chi connectivity index (χ4v) is 3.80. The fourth-order valence-electron chi connectivity index (χ4n) is 3.14. The maximum atomic E-state index is 6.09. The second kappa shape index (κ2) is 5.51. The third-order valence-electron chi connectivity index (χ3n) is 4.26. The first-order chi connectivity index (χ1) is 8.16. The molecule has 0 radical (unpaired) electrons. The third-order valence-corrected chi connectivity index (χ3v) is 4.99. The fraction of sp³-hybridized carbons (Fsp3) is 0.714. The average molecular weight is 252 g/mol. The zero-order valence-corrected chi connectivity index (χ0v) is 11.8. The Balaban J connectivity index is 2.06. The normalized spacial score (nSPS) is 29.8. The molecule has 0 amide bonds. The lowest BCUT2D eigenvalue weighted by Crippen LogP contribution is -2.54. The first-order valence-corrected chi connectivity index (χ1v) is 7.53. The van der Waals surface area contributed by atoms with E-state index in [0.717, 1.165) is 19.0 Å². The highest BCUT2D eigenvalue weighted by molar-refractivity contribution is 7.07. The van der Waals surface area contributed by atoms with Crippen molar-refractivity contribution in [1.82, 2.24) is 4.90 Å². The van der Waals surface area contributed by atoms with Gasteiger partial charge < -0.3 is 5.73 Å². The molecule has 1 aromatic rings. The molecule has 2 nitrogen and oxygen atoms in total. The van der Waals surface area contributed by atoms with Crippen LogP contribution in [0.25, 0.3) is 0 Å². The van der Waals surface area contributed by atoms with Gasteiger partial charge in [-0.05, 0) is 48.2 Å². The van der Waals surface area contributed by atoms with Crippen LogP contribution in [0.15, 0.2) is 16.8 Å². The molecule has 1 saturated carbocycles. The lowest BCUT2D eigenvalue weighted by atomic mass is 9.75. The monoisotopic (exact) mass is 252 g/mol. The summed E-state index contributed by atoms with van der Waals surface area (Å²) in [6, 6.07) is 2.22. The van der Waals surface area contributed by atoms with Gasteiger partial charge in [0.25, 0.3) is 0 Å². The van der Waals surface area contributed by atoms with E-state index in [1.54, 1.807) is 11.3 Å². The number of rotatable bonds is 4. The molecule has 0 spiro atoms. The Kier molecular flexibility index (Phi) is 4.23. The molecule has 1 aliphatic carbocycles. The largest absolute Gasteiger partial charge is 0.329 e. The van der Waals surface area contributed by atoms with Crippen molar-refractivity contribution in [3.8, 4) is 0 Å². The molecule has 1 aliphatic rings. The van der Waals surface area contributed by atoms with Crippen LogP contribution in [0.3, 0.4) is 0 Å². The molecule has 0 saturated heterocycles. The summed E-state index contributed by atoms with van der Waals surface area (Å²) in [6.07, 6.45) is 5.21. The van der Waals surface area contributed by atoms with Crippen LogP contribution in [0.1, 0.15) is 38.2 Å². The van der Waals surface area contributed by atoms with E-state index < -0.39 is 0 Å². The van der Waals surface area contributed by atoms with Crippen molar-refractivity contribution < 1.29 is 0 Å². The van der Waals surface area contributed by atoms with E-state index in [1.165, 1.54) is 31.2 Å². The number of nitrogens with two attached hydrogens (primary N) is 1. The summed E-state index contributed by atoms with van der Waals surface area (Å²) < 4.78 is 0. The van der Waals surface area contributed by atoms with Gasteiger partial charge in [0.2, 0.25) is 0 Å². The van der Waals surface area contributed by atoms with Gasteiger partial charge in [0.05, 0.1) is 0 Å². The van der Waals surface area contributed by atoms with E-state index in [2.05, 4.69) is 35.7 Å². The summed E-state index contributed by atoms with van der Waals surface area (Å²) >= 11 is 1.78. The molecule has 2 atom stereocenters. The molecule has 1 fully saturated rings. The predicted octanol–water partition coefficient (Wildman–Crippen LogP) is 3.09. The number of hydrogen-bond donors (Lipinski definition) is 1. The minimum atomic E-state index is 0.236. The van der Waals surface area contributed by atoms with E-state index in [0.29, 0.717) is 0 Å². The van der Waals surface area contributed by atoms with Crippen LogP contribution in [-0.4, -0.2) is 24.0 Å². The maximum Gasteiger partial charge on any atom is 0.0334 e. The first-order valence-electron chi connectivity index (χ1n) is 6.59. The topological polar surface area (TPSA) is 29.3 Å². The molecule has 3 heteroatoms. The van der Waals surface area contributed by atoms with Crippen LogP contribution in [0, 0.1) is 5.92 Å². The molecular weight excluding hydrogens is 228 g/mol. The average Bonchev–Trinajstić information content (AvgIpc) is 2.81. The minimum Gasteiger partial charge on any atom is -0.329 e. The molecule has 96 valence electrons. The standard InChI is InChI=1S/C14H24N2S/c1-12-4-3-6-14(8-12,11-15)16(2)9-13-5-7-17-10-13/h5,7,10,12H,3-4,6,8-9,11,15H2,1-2H3. The maximum absolute atomic E-state index is 6.09. The highest BCUT2D eigenvalue weighted by atomic mass is 32.1. The number of nitrogens with zero attached hydrogens (tertiary/aromatic N) is 1. The highest BCUT2D eigenvalue weighted by Gasteiger charge is 2.37. The van der Waals surface area contributed by atoms with Crippen LogP contribution in [-0.2, 0) is 6.54 Å². The number of thiophene rings is 1. The molecule has 2 N–H and O–H groups in total. The Morgan fingerprint density at radius 2 is 2.41 bits per heavy atom. The molecule has 0 bridgehead atoms. The van der Waals surface area contributed by atoms with E-state index in [1.807, 2.05) is 0 Å². The number of hydrogen-bond acceptors (Lipinski definition) is 3. The lowest BCUT2D eigenvalue weighted by Gasteiger charge is -2.46. The quantitative estimate of drug-likeness (QED) is 0.892. The Morgan fingerprint density at radius 1 is 1.59 bits per heavy atom. The first kappa shape index (κ1) is 13.1. The molecule has 17 heavy (non-hydrogen) atoms. The van der Waals surface area contributed by atoms with E-state index in [-0.39, 0.29) is 5.54 Å². The van der Waals surface area contributed by atoms with Gasteiger partial charge in [0.1, 0.15) is 0 Å². The summed E-state index contributed by atoms with van der Waals surface area (Å²) in [5, 5.41) is 4.40. The van der Waals surface area contributed by atoms with Gasteiger partial charge in [0.15, 0.2) is 0 Å². The summed E-state index contributed by atoms with van der Waals surface area (Å²) in [5.74, 6) is 0.817. The van der Waals surface area contributed by atoms with Crippen LogP contribution in [0.4, 0.5) is 0 Å². The third kappa shape index (κ3) is 2.90. The van der Waals surface area contributed by atoms with Crippen LogP contribution >= 0.6 is 11.3 Å². The molecule has 0 aromatic carbocycles. The second-order valence-electron chi connectivity index (χ2n) is 5.62. The van der Waals surface area contributed by atoms with Crippen molar-refractivity contribution in [2.24, 2.45) is 11.7 Å². The Labute approximate surface area is 109 Å². The van der Waals surface area contributed by atoms with Gasteiger partial charge in [-0.25, -0.2) is 0 Å². The van der Waals surface area contributed by atoms with Gasteiger partial charge in [-0.1, -0.05) is 19.8 Å². The molecule has 0 aliphatic heterocycles. The van der Waals surface area contributed by atoms with Crippen molar-refractivity contribution in [1.29, 1.82) is 0 Å². The van der Waals surface area contributed by atoms with Crippen LogP contribution in [0.2, 0.25) is 0 Å². The van der Waals surface area contributed by atoms with Gasteiger partial charge in [-0.2, -0.15) is 11.3 Å². The Morgan fingerprint density at radius 3 is 3.00 bits per heavy atom. The SMILES string of the molecule is CC1CCCC(CN)(N(C)Cc2ccsc2)C1. The van der Waals surface area contributed by atoms with Crippen molar-refractivity contribution in [2.45, 2.75) is 44.7 Å². The van der Waals surface area contributed by atoms with E-state index in [9.17, 15) is 0 Å². The van der Waals surface area contributed by atoms with Crippen LogP contribution < -0.4 is 5.73 Å². The molecular formula is C14H24N2S. The smallest absolute Gasteiger partial charge is 0.0334 e. The summed E-state index contributed by atoms with van der Waals surface area (Å²) in [4.78, 5) is 2.49. The molecule has 1 aromatic heterocycles. The molecule has 1 heterocycles. The van der Waals surface area contributed by atoms with Crippen molar-refractivity contribution in [3.63, 3.8) is 0 Å². The lowest BCUT2D eigenvalue weighted by molar-refractivity contribution is 0.0555.